The largest absolute Gasteiger partial charge is 0.459 e. The third kappa shape index (κ3) is 3.69. The number of fused-ring (bicyclic) bond motifs is 1. The summed E-state index contributed by atoms with van der Waals surface area (Å²) in [6, 6.07) is 19.2. The number of nitrogens with zero attached hydrogens (tertiary/aromatic N) is 1. The minimum Gasteiger partial charge on any atom is -0.459 e. The van der Waals surface area contributed by atoms with E-state index in [1.807, 2.05) is 60.7 Å². The number of amides is 1. The molecular weight excluding hydrogens is 350 g/mol. The molecule has 5 nitrogen and oxygen atoms in total. The molecule has 142 valence electrons. The van der Waals surface area contributed by atoms with Crippen molar-refractivity contribution in [1.82, 2.24) is 15.3 Å². The molecule has 1 amide bonds. The molecule has 0 fully saturated rings. The first-order chi connectivity index (χ1) is 13.6. The van der Waals surface area contributed by atoms with Crippen LogP contribution in [0.3, 0.4) is 0 Å². The Hall–Kier alpha value is -3.34. The Labute approximate surface area is 163 Å². The second-order valence-corrected chi connectivity index (χ2v) is 7.32. The molecule has 2 aromatic heterocycles. The van der Waals surface area contributed by atoms with Gasteiger partial charge >= 0.3 is 0 Å². The number of hydrogen-bond acceptors (Lipinski definition) is 3. The monoisotopic (exact) mass is 373 g/mol. The van der Waals surface area contributed by atoms with Crippen molar-refractivity contribution in [3.8, 4) is 11.1 Å². The SMILES string of the molecule is CC(C)C[C@H](NC(=O)c1occc1-c1ccccc1)c1nc2ccccc2[nH]1. The average Bonchev–Trinajstić information content (AvgIpc) is 3.35. The zero-order valence-corrected chi connectivity index (χ0v) is 16.0. The van der Waals surface area contributed by atoms with Crippen molar-refractivity contribution in [2.45, 2.75) is 26.3 Å². The number of aromatic amines is 1. The summed E-state index contributed by atoms with van der Waals surface area (Å²) in [6.07, 6.45) is 2.32. The first-order valence-electron chi connectivity index (χ1n) is 9.50. The molecule has 4 rings (SSSR count). The molecule has 0 aliphatic heterocycles. The van der Waals surface area contributed by atoms with Crippen LogP contribution in [0.15, 0.2) is 71.3 Å². The molecule has 1 atom stereocenters. The van der Waals surface area contributed by atoms with Gasteiger partial charge in [-0.15, -0.1) is 0 Å². The molecule has 0 spiro atoms. The van der Waals surface area contributed by atoms with Gasteiger partial charge in [0.2, 0.25) is 0 Å². The van der Waals surface area contributed by atoms with Gasteiger partial charge in [-0.3, -0.25) is 4.79 Å². The lowest BCUT2D eigenvalue weighted by molar-refractivity contribution is 0.0903. The lowest BCUT2D eigenvalue weighted by Gasteiger charge is -2.18. The fraction of sp³-hybridized carbons (Fsp3) is 0.217. The number of hydrogen-bond donors (Lipinski definition) is 2. The molecule has 0 radical (unpaired) electrons. The van der Waals surface area contributed by atoms with E-state index in [0.717, 1.165) is 34.4 Å². The van der Waals surface area contributed by atoms with Crippen LogP contribution < -0.4 is 5.32 Å². The minimum absolute atomic E-state index is 0.228. The van der Waals surface area contributed by atoms with Crippen LogP contribution in [0.25, 0.3) is 22.2 Å². The van der Waals surface area contributed by atoms with Crippen molar-refractivity contribution in [1.29, 1.82) is 0 Å². The molecule has 4 aromatic rings. The van der Waals surface area contributed by atoms with Crippen LogP contribution in [-0.4, -0.2) is 15.9 Å². The van der Waals surface area contributed by atoms with Gasteiger partial charge in [0.05, 0.1) is 23.3 Å². The van der Waals surface area contributed by atoms with Gasteiger partial charge in [0.1, 0.15) is 5.82 Å². The number of carbonyl (C=O) groups is 1. The number of benzene rings is 2. The number of H-pyrrole nitrogens is 1. The van der Waals surface area contributed by atoms with Crippen LogP contribution in [-0.2, 0) is 0 Å². The molecule has 0 saturated carbocycles. The average molecular weight is 373 g/mol. The zero-order chi connectivity index (χ0) is 19.5. The van der Waals surface area contributed by atoms with Crippen LogP contribution in [0.4, 0.5) is 0 Å². The molecule has 2 aromatic carbocycles. The standard InChI is InChI=1S/C23H23N3O2/c1-15(2)14-20(22-24-18-10-6-7-11-19(18)25-22)26-23(27)21-17(12-13-28-21)16-8-4-3-5-9-16/h3-13,15,20H,14H2,1-2H3,(H,24,25)(H,26,27)/t20-/m0/s1. The Balaban J connectivity index is 1.63. The second-order valence-electron chi connectivity index (χ2n) is 7.32. The summed E-state index contributed by atoms with van der Waals surface area (Å²) in [4.78, 5) is 21.1. The lowest BCUT2D eigenvalue weighted by atomic mass is 10.0. The number of imidazole rings is 1. The summed E-state index contributed by atoms with van der Waals surface area (Å²) < 4.78 is 5.54. The predicted molar refractivity (Wildman–Crippen MR) is 110 cm³/mol. The minimum atomic E-state index is -0.241. The number of para-hydroxylation sites is 2. The number of rotatable bonds is 6. The van der Waals surface area contributed by atoms with E-state index >= 15 is 0 Å². The van der Waals surface area contributed by atoms with Crippen molar-refractivity contribution in [2.75, 3.05) is 0 Å². The highest BCUT2D eigenvalue weighted by Gasteiger charge is 2.24. The highest BCUT2D eigenvalue weighted by atomic mass is 16.3. The van der Waals surface area contributed by atoms with Gasteiger partial charge in [0.15, 0.2) is 5.76 Å². The molecule has 0 aliphatic carbocycles. The zero-order valence-electron chi connectivity index (χ0n) is 16.0. The van der Waals surface area contributed by atoms with Gasteiger partial charge in [-0.25, -0.2) is 4.98 Å². The number of carbonyl (C=O) groups excluding carboxylic acids is 1. The molecule has 2 heterocycles. The van der Waals surface area contributed by atoms with E-state index < -0.39 is 0 Å². The fourth-order valence-corrected chi connectivity index (χ4v) is 3.40. The molecule has 2 N–H and O–H groups in total. The summed E-state index contributed by atoms with van der Waals surface area (Å²) >= 11 is 0. The highest BCUT2D eigenvalue weighted by Crippen LogP contribution is 2.27. The van der Waals surface area contributed by atoms with Crippen molar-refractivity contribution in [2.24, 2.45) is 5.92 Å². The summed E-state index contributed by atoms with van der Waals surface area (Å²) in [6.45, 7) is 4.26. The van der Waals surface area contributed by atoms with Crippen LogP contribution >= 0.6 is 0 Å². The third-order valence-corrected chi connectivity index (χ3v) is 4.71. The van der Waals surface area contributed by atoms with Crippen LogP contribution in [0.1, 0.15) is 42.7 Å². The Bertz CT molecular complexity index is 1050. The summed E-state index contributed by atoms with van der Waals surface area (Å²) in [5, 5.41) is 3.11. The smallest absolute Gasteiger partial charge is 0.288 e. The Morgan fingerprint density at radius 1 is 1.07 bits per heavy atom. The first-order valence-corrected chi connectivity index (χ1v) is 9.50. The van der Waals surface area contributed by atoms with Crippen molar-refractivity contribution in [3.05, 3.63) is 78.5 Å². The normalized spacial score (nSPS) is 12.4. The van der Waals surface area contributed by atoms with E-state index in [2.05, 4.69) is 29.1 Å². The number of furan rings is 1. The van der Waals surface area contributed by atoms with Gasteiger partial charge in [-0.05, 0) is 36.1 Å². The number of nitrogens with one attached hydrogen (secondary N) is 2. The van der Waals surface area contributed by atoms with E-state index in [4.69, 9.17) is 4.42 Å². The van der Waals surface area contributed by atoms with Gasteiger partial charge < -0.3 is 14.7 Å². The van der Waals surface area contributed by atoms with E-state index in [9.17, 15) is 4.79 Å². The summed E-state index contributed by atoms with van der Waals surface area (Å²) in [5.74, 6) is 1.23. The Morgan fingerprint density at radius 3 is 2.57 bits per heavy atom. The topological polar surface area (TPSA) is 70.9 Å². The summed E-state index contributed by atoms with van der Waals surface area (Å²) in [7, 11) is 0. The first kappa shape index (κ1) is 18.0. The number of aromatic nitrogens is 2. The maximum atomic E-state index is 13.0. The van der Waals surface area contributed by atoms with E-state index in [1.54, 1.807) is 6.26 Å². The van der Waals surface area contributed by atoms with E-state index in [1.165, 1.54) is 0 Å². The quantitative estimate of drug-likeness (QED) is 0.479. The van der Waals surface area contributed by atoms with Crippen molar-refractivity contribution in [3.63, 3.8) is 0 Å². The predicted octanol–water partition coefficient (Wildman–Crippen LogP) is 5.34. The van der Waals surface area contributed by atoms with E-state index in [-0.39, 0.29) is 11.9 Å². The molecule has 0 bridgehead atoms. The molecule has 5 heteroatoms. The molecule has 28 heavy (non-hydrogen) atoms. The molecule has 0 saturated heterocycles. The Kier molecular flexibility index (Phi) is 4.98. The van der Waals surface area contributed by atoms with Crippen LogP contribution in [0.2, 0.25) is 0 Å². The lowest BCUT2D eigenvalue weighted by Crippen LogP contribution is -2.30. The van der Waals surface area contributed by atoms with Gasteiger partial charge in [-0.2, -0.15) is 0 Å². The van der Waals surface area contributed by atoms with Gasteiger partial charge in [0.25, 0.3) is 5.91 Å². The van der Waals surface area contributed by atoms with Crippen molar-refractivity contribution >= 4 is 16.9 Å². The Morgan fingerprint density at radius 2 is 1.82 bits per heavy atom. The molecule has 0 unspecified atom stereocenters. The third-order valence-electron chi connectivity index (χ3n) is 4.71. The van der Waals surface area contributed by atoms with Gasteiger partial charge in [0, 0.05) is 5.56 Å². The van der Waals surface area contributed by atoms with Crippen LogP contribution in [0, 0.1) is 5.92 Å². The van der Waals surface area contributed by atoms with Gasteiger partial charge in [-0.1, -0.05) is 56.3 Å². The maximum absolute atomic E-state index is 13.0. The molecular formula is C23H23N3O2. The second kappa shape index (κ2) is 7.72. The molecule has 0 aliphatic rings. The van der Waals surface area contributed by atoms with Crippen LogP contribution in [0.5, 0.6) is 0 Å². The van der Waals surface area contributed by atoms with E-state index in [0.29, 0.717) is 11.7 Å². The highest BCUT2D eigenvalue weighted by molar-refractivity contribution is 5.98. The fourth-order valence-electron chi connectivity index (χ4n) is 3.40. The van der Waals surface area contributed by atoms with Crippen molar-refractivity contribution < 1.29 is 9.21 Å². The summed E-state index contributed by atoms with van der Waals surface area (Å²) in [5.41, 5.74) is 3.59. The maximum Gasteiger partial charge on any atom is 0.288 e.